The van der Waals surface area contributed by atoms with Crippen LogP contribution in [0.1, 0.15) is 239 Å². The predicted molar refractivity (Wildman–Crippen MR) is 206 cm³/mol. The Kier molecular flexibility index (Phi) is 38.8. The molecule has 4 nitrogen and oxygen atoms in total. The molecule has 0 aromatic rings. The first-order valence-electron chi connectivity index (χ1n) is 21.5. The number of carbonyl (C=O) groups excluding carboxylic acids is 2. The number of ether oxygens (including phenoxy) is 1. The molecule has 1 N–H and O–H groups in total. The van der Waals surface area contributed by atoms with Crippen molar-refractivity contribution in [1.29, 1.82) is 0 Å². The quantitative estimate of drug-likeness (QED) is 0.0523. The van der Waals surface area contributed by atoms with E-state index in [-0.39, 0.29) is 5.97 Å². The van der Waals surface area contributed by atoms with Crippen molar-refractivity contribution in [1.82, 2.24) is 5.32 Å². The fraction of sp³-hybridized carbons (Fsp3) is 0.953. The van der Waals surface area contributed by atoms with Gasteiger partial charge in [-0.2, -0.15) is 0 Å². The third-order valence-electron chi connectivity index (χ3n) is 10.0. The second-order valence-electron chi connectivity index (χ2n) is 14.8. The lowest BCUT2D eigenvalue weighted by Gasteiger charge is -2.16. The zero-order valence-corrected chi connectivity index (χ0v) is 32.5. The fourth-order valence-electron chi connectivity index (χ4n) is 6.79. The van der Waals surface area contributed by atoms with Gasteiger partial charge in [-0.15, -0.1) is 0 Å². The lowest BCUT2D eigenvalue weighted by molar-refractivity contribution is -0.143. The summed E-state index contributed by atoms with van der Waals surface area (Å²) in [7, 11) is 0. The molecule has 0 atom stereocenters. The summed E-state index contributed by atoms with van der Waals surface area (Å²) in [6, 6.07) is 0. The van der Waals surface area contributed by atoms with Crippen LogP contribution in [0.15, 0.2) is 0 Å². The van der Waals surface area contributed by atoms with E-state index in [1.807, 2.05) is 0 Å². The number of nitrogens with one attached hydrogen (secondary N) is 1. The summed E-state index contributed by atoms with van der Waals surface area (Å²) in [5, 5.41) is 3.57. The molecule has 4 heteroatoms. The van der Waals surface area contributed by atoms with E-state index in [1.165, 1.54) is 167 Å². The molecule has 0 radical (unpaired) electrons. The highest BCUT2D eigenvalue weighted by Crippen LogP contribution is 2.23. The van der Waals surface area contributed by atoms with Crippen LogP contribution in [0.25, 0.3) is 0 Å². The van der Waals surface area contributed by atoms with Gasteiger partial charge in [-0.05, 0) is 51.1 Å². The number of hydrogen-bond donors (Lipinski definition) is 1. The zero-order valence-electron chi connectivity index (χ0n) is 32.5. The molecule has 0 aliphatic rings. The van der Waals surface area contributed by atoms with E-state index in [9.17, 15) is 9.59 Å². The smallest absolute Gasteiger partial charge is 0.305 e. The first-order valence-corrected chi connectivity index (χ1v) is 21.5. The molecule has 0 unspecified atom stereocenters. The predicted octanol–water partition coefficient (Wildman–Crippen LogP) is 13.6. The number of unbranched alkanes of at least 4 members (excludes halogenated alkanes) is 24. The average Bonchev–Trinajstić information content (AvgIpc) is 3.07. The summed E-state index contributed by atoms with van der Waals surface area (Å²) in [5.74, 6) is 1.15. The standard InChI is InChI=1S/C43H85NO3/c1-4-7-10-13-16-17-18-24-32-39-47-43(46)36-29-25-31-38-44-37-30-23-19-22-28-35-42(45)40-41(33-26-20-14-11-8-5-2)34-27-21-15-12-9-6-3/h41,44H,4-40H2,1-3H3. The van der Waals surface area contributed by atoms with E-state index in [0.29, 0.717) is 24.7 Å². The van der Waals surface area contributed by atoms with Crippen LogP contribution in [0.4, 0.5) is 0 Å². The molecule has 0 rings (SSSR count). The molecule has 0 aliphatic carbocycles. The number of Topliss-reactive ketones (excluding diaryl/α,β-unsaturated/α-hetero) is 1. The van der Waals surface area contributed by atoms with E-state index < -0.39 is 0 Å². The number of hydrogen-bond acceptors (Lipinski definition) is 4. The second kappa shape index (κ2) is 39.5. The van der Waals surface area contributed by atoms with Crippen molar-refractivity contribution in [3.05, 3.63) is 0 Å². The zero-order chi connectivity index (χ0) is 34.3. The highest BCUT2D eigenvalue weighted by molar-refractivity contribution is 5.78. The van der Waals surface area contributed by atoms with Gasteiger partial charge >= 0.3 is 5.97 Å². The molecular formula is C43H85NO3. The van der Waals surface area contributed by atoms with Crippen molar-refractivity contribution >= 4 is 11.8 Å². The minimum absolute atomic E-state index is 0.0135. The van der Waals surface area contributed by atoms with Gasteiger partial charge in [0.05, 0.1) is 6.61 Å². The Bertz CT molecular complexity index is 621. The van der Waals surface area contributed by atoms with Crippen LogP contribution in [0, 0.1) is 5.92 Å². The molecule has 0 saturated heterocycles. The maximum absolute atomic E-state index is 12.8. The van der Waals surface area contributed by atoms with Crippen molar-refractivity contribution in [2.75, 3.05) is 19.7 Å². The van der Waals surface area contributed by atoms with Crippen LogP contribution in [0.2, 0.25) is 0 Å². The van der Waals surface area contributed by atoms with Gasteiger partial charge in [0.15, 0.2) is 0 Å². The van der Waals surface area contributed by atoms with Crippen LogP contribution in [-0.4, -0.2) is 31.4 Å². The normalized spacial score (nSPS) is 11.5. The van der Waals surface area contributed by atoms with Crippen molar-refractivity contribution in [2.45, 2.75) is 239 Å². The maximum Gasteiger partial charge on any atom is 0.305 e. The highest BCUT2D eigenvalue weighted by atomic mass is 16.5. The number of carbonyl (C=O) groups is 2. The minimum atomic E-state index is -0.0135. The molecule has 0 aromatic heterocycles. The minimum Gasteiger partial charge on any atom is -0.466 e. The van der Waals surface area contributed by atoms with Crippen LogP contribution in [0.3, 0.4) is 0 Å². The van der Waals surface area contributed by atoms with Gasteiger partial charge in [0.25, 0.3) is 0 Å². The Hall–Kier alpha value is -0.900. The number of ketones is 1. The van der Waals surface area contributed by atoms with E-state index >= 15 is 0 Å². The molecule has 47 heavy (non-hydrogen) atoms. The highest BCUT2D eigenvalue weighted by Gasteiger charge is 2.14. The fourth-order valence-corrected chi connectivity index (χ4v) is 6.79. The van der Waals surface area contributed by atoms with Crippen molar-refractivity contribution < 1.29 is 14.3 Å². The molecular weight excluding hydrogens is 578 g/mol. The molecule has 0 amide bonds. The lowest BCUT2D eigenvalue weighted by atomic mass is 9.89. The van der Waals surface area contributed by atoms with Gasteiger partial charge in [-0.3, -0.25) is 9.59 Å². The van der Waals surface area contributed by atoms with Gasteiger partial charge in [-0.1, -0.05) is 188 Å². The summed E-state index contributed by atoms with van der Waals surface area (Å²) < 4.78 is 5.41. The molecule has 0 bridgehead atoms. The molecule has 0 fully saturated rings. The van der Waals surface area contributed by atoms with Crippen LogP contribution < -0.4 is 5.32 Å². The SMILES string of the molecule is CCCCCCCCCCCOC(=O)CCCCCNCCCCCCCC(=O)CC(CCCCCCCC)CCCCCCCC. The summed E-state index contributed by atoms with van der Waals surface area (Å²) >= 11 is 0. The van der Waals surface area contributed by atoms with Gasteiger partial charge in [0, 0.05) is 19.3 Å². The molecule has 280 valence electrons. The topological polar surface area (TPSA) is 55.4 Å². The summed E-state index contributed by atoms with van der Waals surface area (Å²) in [6.45, 7) is 9.56. The molecule has 0 aromatic carbocycles. The monoisotopic (exact) mass is 664 g/mol. The molecule has 0 spiro atoms. The Morgan fingerprint density at radius 3 is 1.34 bits per heavy atom. The Morgan fingerprint density at radius 2 is 0.830 bits per heavy atom. The van der Waals surface area contributed by atoms with Gasteiger partial charge in [0.2, 0.25) is 0 Å². The molecule has 0 heterocycles. The second-order valence-corrected chi connectivity index (χ2v) is 14.8. The Labute approximate surface area is 295 Å². The summed E-state index contributed by atoms with van der Waals surface area (Å²) in [4.78, 5) is 24.7. The third kappa shape index (κ3) is 37.8. The van der Waals surface area contributed by atoms with Crippen molar-refractivity contribution in [2.24, 2.45) is 5.92 Å². The first-order chi connectivity index (χ1) is 23.1. The number of esters is 1. The summed E-state index contributed by atoms with van der Waals surface area (Å²) in [5.41, 5.74) is 0. The maximum atomic E-state index is 12.8. The van der Waals surface area contributed by atoms with Crippen molar-refractivity contribution in [3.63, 3.8) is 0 Å². The van der Waals surface area contributed by atoms with Gasteiger partial charge < -0.3 is 10.1 Å². The first kappa shape index (κ1) is 46.1. The Balaban J connectivity index is 3.65. The largest absolute Gasteiger partial charge is 0.466 e. The van der Waals surface area contributed by atoms with Crippen LogP contribution in [-0.2, 0) is 14.3 Å². The average molecular weight is 664 g/mol. The van der Waals surface area contributed by atoms with E-state index in [4.69, 9.17) is 4.74 Å². The summed E-state index contributed by atoms with van der Waals surface area (Å²) in [6.07, 6.45) is 41.7. The molecule has 0 saturated carbocycles. The van der Waals surface area contributed by atoms with Gasteiger partial charge in [-0.25, -0.2) is 0 Å². The molecule has 0 aliphatic heterocycles. The van der Waals surface area contributed by atoms with E-state index in [0.717, 1.165) is 58.0 Å². The van der Waals surface area contributed by atoms with E-state index in [1.54, 1.807) is 0 Å². The van der Waals surface area contributed by atoms with E-state index in [2.05, 4.69) is 26.1 Å². The van der Waals surface area contributed by atoms with Crippen molar-refractivity contribution in [3.8, 4) is 0 Å². The van der Waals surface area contributed by atoms with Crippen LogP contribution in [0.5, 0.6) is 0 Å². The Morgan fingerprint density at radius 1 is 0.447 bits per heavy atom. The van der Waals surface area contributed by atoms with Gasteiger partial charge in [0.1, 0.15) is 5.78 Å². The van der Waals surface area contributed by atoms with Crippen LogP contribution >= 0.6 is 0 Å². The lowest BCUT2D eigenvalue weighted by Crippen LogP contribution is -2.16. The number of rotatable bonds is 40. The third-order valence-corrected chi connectivity index (χ3v) is 10.0.